The van der Waals surface area contributed by atoms with Crippen LogP contribution in [0.1, 0.15) is 52.9 Å². The van der Waals surface area contributed by atoms with E-state index in [2.05, 4.69) is 31.1 Å². The van der Waals surface area contributed by atoms with Gasteiger partial charge in [0.05, 0.1) is 0 Å². The first-order valence-corrected chi connectivity index (χ1v) is 8.45. The molecule has 2 unspecified atom stereocenters. The third kappa shape index (κ3) is 4.49. The molecule has 1 fully saturated rings. The number of hydrogen-bond acceptors (Lipinski definition) is 3. The number of nitrogens with zero attached hydrogens (tertiary/aromatic N) is 1. The Hall–Kier alpha value is -0.180. The van der Waals surface area contributed by atoms with Crippen LogP contribution < -0.4 is 5.32 Å². The molecular weight excluding hydrogens is 240 g/mol. The Bertz CT molecular complexity index is 299. The van der Waals surface area contributed by atoms with Gasteiger partial charge in [0.25, 0.3) is 0 Å². The summed E-state index contributed by atoms with van der Waals surface area (Å²) < 4.78 is 0. The summed E-state index contributed by atoms with van der Waals surface area (Å²) in [6, 6.07) is 0. The largest absolute Gasteiger partial charge is 0.365 e. The molecule has 0 aromatic rings. The van der Waals surface area contributed by atoms with Gasteiger partial charge in [-0.05, 0) is 30.1 Å². The molecule has 0 spiro atoms. The number of amidine groups is 1. The van der Waals surface area contributed by atoms with E-state index in [1.165, 1.54) is 43.0 Å². The molecule has 0 saturated heterocycles. The van der Waals surface area contributed by atoms with Crippen LogP contribution in [0.3, 0.4) is 0 Å². The lowest BCUT2D eigenvalue weighted by Crippen LogP contribution is -2.32. The fourth-order valence-electron chi connectivity index (χ4n) is 2.95. The van der Waals surface area contributed by atoms with E-state index >= 15 is 0 Å². The van der Waals surface area contributed by atoms with Gasteiger partial charge in [-0.3, -0.25) is 4.99 Å². The van der Waals surface area contributed by atoms with Crippen molar-refractivity contribution in [3.05, 3.63) is 0 Å². The van der Waals surface area contributed by atoms with Crippen LogP contribution in [0.2, 0.25) is 0 Å². The molecule has 1 aliphatic carbocycles. The molecule has 104 valence electrons. The molecule has 0 aromatic heterocycles. The molecule has 18 heavy (non-hydrogen) atoms. The average Bonchev–Trinajstić information content (AvgIpc) is 2.31. The van der Waals surface area contributed by atoms with Crippen molar-refractivity contribution in [1.82, 2.24) is 5.32 Å². The maximum Gasteiger partial charge on any atom is 0.156 e. The molecule has 1 N–H and O–H groups in total. The predicted octanol–water partition coefficient (Wildman–Crippen LogP) is 3.92. The zero-order chi connectivity index (χ0) is 13.0. The summed E-state index contributed by atoms with van der Waals surface area (Å²) in [7, 11) is 0. The zero-order valence-electron chi connectivity index (χ0n) is 12.2. The van der Waals surface area contributed by atoms with Crippen molar-refractivity contribution in [2.24, 2.45) is 22.2 Å². The van der Waals surface area contributed by atoms with Gasteiger partial charge in [-0.15, -0.1) is 0 Å². The smallest absolute Gasteiger partial charge is 0.156 e. The normalized spacial score (nSPS) is 31.8. The van der Waals surface area contributed by atoms with E-state index in [9.17, 15) is 0 Å². The minimum atomic E-state index is 0.384. The fourth-order valence-corrected chi connectivity index (χ4v) is 3.93. The van der Waals surface area contributed by atoms with E-state index in [0.29, 0.717) is 5.41 Å². The standard InChI is InChI=1S/C15H28N2S/c1-12-5-4-6-13(9-12)7-8-16-14-17-10-15(2,3)11-18-14/h12-13H,4-11H2,1-3H3,(H,16,17). The lowest BCUT2D eigenvalue weighted by Gasteiger charge is -2.29. The van der Waals surface area contributed by atoms with Crippen molar-refractivity contribution < 1.29 is 0 Å². The Labute approximate surface area is 116 Å². The van der Waals surface area contributed by atoms with Crippen LogP contribution in [0.4, 0.5) is 0 Å². The zero-order valence-corrected chi connectivity index (χ0v) is 13.0. The molecule has 0 amide bonds. The van der Waals surface area contributed by atoms with Crippen LogP contribution >= 0.6 is 11.8 Å². The maximum absolute atomic E-state index is 4.65. The quantitative estimate of drug-likeness (QED) is 0.839. The van der Waals surface area contributed by atoms with E-state index in [4.69, 9.17) is 0 Å². The van der Waals surface area contributed by atoms with Gasteiger partial charge in [0.2, 0.25) is 0 Å². The summed E-state index contributed by atoms with van der Waals surface area (Å²) in [4.78, 5) is 4.65. The molecule has 2 nitrogen and oxygen atoms in total. The summed E-state index contributed by atoms with van der Waals surface area (Å²) in [5.41, 5.74) is 0.384. The number of aliphatic imine (C=N–C) groups is 1. The van der Waals surface area contributed by atoms with Gasteiger partial charge in [-0.25, -0.2) is 0 Å². The van der Waals surface area contributed by atoms with Gasteiger partial charge in [0, 0.05) is 18.8 Å². The van der Waals surface area contributed by atoms with Crippen LogP contribution in [0.5, 0.6) is 0 Å². The first-order valence-electron chi connectivity index (χ1n) is 7.46. The van der Waals surface area contributed by atoms with Crippen molar-refractivity contribution >= 4 is 16.9 Å². The van der Waals surface area contributed by atoms with E-state index in [1.54, 1.807) is 0 Å². The van der Waals surface area contributed by atoms with Crippen molar-refractivity contribution in [2.75, 3.05) is 18.8 Å². The van der Waals surface area contributed by atoms with Crippen LogP contribution in [0, 0.1) is 17.3 Å². The maximum atomic E-state index is 4.65. The highest BCUT2D eigenvalue weighted by molar-refractivity contribution is 8.13. The molecular formula is C15H28N2S. The Morgan fingerprint density at radius 1 is 1.39 bits per heavy atom. The van der Waals surface area contributed by atoms with Gasteiger partial charge >= 0.3 is 0 Å². The van der Waals surface area contributed by atoms with Gasteiger partial charge in [0.15, 0.2) is 5.17 Å². The SMILES string of the molecule is CC1CCCC(CCNC2=NCC(C)(C)CS2)C1. The average molecular weight is 268 g/mol. The highest BCUT2D eigenvalue weighted by Gasteiger charge is 2.23. The van der Waals surface area contributed by atoms with Gasteiger partial charge < -0.3 is 5.32 Å². The number of hydrogen-bond donors (Lipinski definition) is 1. The number of thioether (sulfide) groups is 1. The molecule has 1 aliphatic heterocycles. The number of nitrogens with one attached hydrogen (secondary N) is 1. The highest BCUT2D eigenvalue weighted by atomic mass is 32.2. The Morgan fingerprint density at radius 2 is 2.22 bits per heavy atom. The van der Waals surface area contributed by atoms with Crippen molar-refractivity contribution in [3.63, 3.8) is 0 Å². The molecule has 0 radical (unpaired) electrons. The summed E-state index contributed by atoms with van der Waals surface area (Å²) >= 11 is 1.90. The summed E-state index contributed by atoms with van der Waals surface area (Å²) in [6.45, 7) is 9.09. The van der Waals surface area contributed by atoms with Gasteiger partial charge in [0.1, 0.15) is 0 Å². The lowest BCUT2D eigenvalue weighted by molar-refractivity contribution is 0.270. The second-order valence-electron chi connectivity index (χ2n) is 6.93. The summed E-state index contributed by atoms with van der Waals surface area (Å²) in [5, 5.41) is 4.71. The molecule has 1 heterocycles. The van der Waals surface area contributed by atoms with Gasteiger partial charge in [-0.1, -0.05) is 51.8 Å². The van der Waals surface area contributed by atoms with E-state index < -0.39 is 0 Å². The second kappa shape index (κ2) is 6.31. The predicted molar refractivity (Wildman–Crippen MR) is 82.3 cm³/mol. The second-order valence-corrected chi connectivity index (χ2v) is 7.89. The van der Waals surface area contributed by atoms with Crippen LogP contribution in [-0.4, -0.2) is 24.0 Å². The molecule has 0 aromatic carbocycles. The van der Waals surface area contributed by atoms with Crippen LogP contribution in [0.25, 0.3) is 0 Å². The van der Waals surface area contributed by atoms with Crippen molar-refractivity contribution in [1.29, 1.82) is 0 Å². The molecule has 2 rings (SSSR count). The minimum absolute atomic E-state index is 0.384. The lowest BCUT2D eigenvalue weighted by atomic mass is 9.81. The van der Waals surface area contributed by atoms with Crippen LogP contribution in [-0.2, 0) is 0 Å². The topological polar surface area (TPSA) is 24.4 Å². The third-order valence-electron chi connectivity index (χ3n) is 4.12. The monoisotopic (exact) mass is 268 g/mol. The highest BCUT2D eigenvalue weighted by Crippen LogP contribution is 2.30. The molecule has 3 heteroatoms. The van der Waals surface area contributed by atoms with Crippen molar-refractivity contribution in [2.45, 2.75) is 52.9 Å². The first kappa shape index (κ1) is 14.2. The number of rotatable bonds is 3. The molecule has 2 atom stereocenters. The van der Waals surface area contributed by atoms with Gasteiger partial charge in [-0.2, -0.15) is 0 Å². The Balaban J connectivity index is 1.65. The fraction of sp³-hybridized carbons (Fsp3) is 0.933. The molecule has 0 bridgehead atoms. The molecule has 2 aliphatic rings. The third-order valence-corrected chi connectivity index (χ3v) is 5.60. The van der Waals surface area contributed by atoms with E-state index in [1.807, 2.05) is 11.8 Å². The minimum Gasteiger partial charge on any atom is -0.365 e. The van der Waals surface area contributed by atoms with Crippen molar-refractivity contribution in [3.8, 4) is 0 Å². The summed E-state index contributed by atoms with van der Waals surface area (Å²) in [5.74, 6) is 3.09. The van der Waals surface area contributed by atoms with E-state index in [-0.39, 0.29) is 0 Å². The molecule has 1 saturated carbocycles. The van der Waals surface area contributed by atoms with E-state index in [0.717, 1.165) is 24.9 Å². The first-order chi connectivity index (χ1) is 8.55. The summed E-state index contributed by atoms with van der Waals surface area (Å²) in [6.07, 6.45) is 7.09. The Kier molecular flexibility index (Phi) is 4.99. The van der Waals surface area contributed by atoms with Crippen LogP contribution in [0.15, 0.2) is 4.99 Å². The Morgan fingerprint density at radius 3 is 2.89 bits per heavy atom.